The van der Waals surface area contributed by atoms with Gasteiger partial charge in [0.05, 0.1) is 19.3 Å². The number of rotatable bonds is 7. The van der Waals surface area contributed by atoms with Crippen molar-refractivity contribution in [1.82, 2.24) is 20.4 Å². The van der Waals surface area contributed by atoms with Gasteiger partial charge in [0.1, 0.15) is 5.82 Å². The number of aliphatic imine (C=N–C) groups is 1. The lowest BCUT2D eigenvalue weighted by Crippen LogP contribution is -2.40. The lowest BCUT2D eigenvalue weighted by molar-refractivity contribution is 0.528. The van der Waals surface area contributed by atoms with Gasteiger partial charge in [-0.3, -0.25) is 9.67 Å². The second-order valence-electron chi connectivity index (χ2n) is 6.80. The number of guanidine groups is 1. The standard InChI is InChI=1S/C19H28FN5.HI/c1-5-21-18(22-9-10-25-13-15(2)12-24-25)23-14-19(3,4)16-7-6-8-17(20)11-16;/h6-8,11-13H,5,9-10,14H2,1-4H3,(H2,21,22,23);1H. The molecule has 0 aliphatic heterocycles. The summed E-state index contributed by atoms with van der Waals surface area (Å²) in [6.07, 6.45) is 3.86. The highest BCUT2D eigenvalue weighted by Crippen LogP contribution is 2.24. The van der Waals surface area contributed by atoms with E-state index in [0.717, 1.165) is 36.7 Å². The van der Waals surface area contributed by atoms with Gasteiger partial charge in [0, 0.05) is 24.7 Å². The molecule has 2 N–H and O–H groups in total. The summed E-state index contributed by atoms with van der Waals surface area (Å²) in [7, 11) is 0. The van der Waals surface area contributed by atoms with Crippen LogP contribution in [0.15, 0.2) is 41.7 Å². The molecule has 7 heteroatoms. The average molecular weight is 473 g/mol. The minimum absolute atomic E-state index is 0. The fourth-order valence-electron chi connectivity index (χ4n) is 2.50. The summed E-state index contributed by atoms with van der Waals surface area (Å²) in [6, 6.07) is 6.73. The van der Waals surface area contributed by atoms with Crippen molar-refractivity contribution in [2.45, 2.75) is 39.7 Å². The molecule has 0 unspecified atom stereocenters. The van der Waals surface area contributed by atoms with E-state index in [1.54, 1.807) is 12.1 Å². The molecule has 1 aromatic heterocycles. The summed E-state index contributed by atoms with van der Waals surface area (Å²) in [5.41, 5.74) is 1.85. The van der Waals surface area contributed by atoms with Crippen LogP contribution >= 0.6 is 24.0 Å². The lowest BCUT2D eigenvalue weighted by Gasteiger charge is -2.24. The first-order valence-corrected chi connectivity index (χ1v) is 8.68. The Balaban J connectivity index is 0.00000338. The van der Waals surface area contributed by atoms with Gasteiger partial charge in [-0.2, -0.15) is 5.10 Å². The third kappa shape index (κ3) is 6.93. The third-order valence-corrected chi connectivity index (χ3v) is 3.98. The molecule has 0 saturated carbocycles. The van der Waals surface area contributed by atoms with Crippen molar-refractivity contribution in [2.24, 2.45) is 4.99 Å². The van der Waals surface area contributed by atoms with Gasteiger partial charge >= 0.3 is 0 Å². The molecule has 26 heavy (non-hydrogen) atoms. The molecule has 0 saturated heterocycles. The molecule has 0 aliphatic carbocycles. The Labute approximate surface area is 172 Å². The summed E-state index contributed by atoms with van der Waals surface area (Å²) < 4.78 is 15.4. The van der Waals surface area contributed by atoms with Crippen molar-refractivity contribution in [3.63, 3.8) is 0 Å². The summed E-state index contributed by atoms with van der Waals surface area (Å²) in [5.74, 6) is 0.546. The molecule has 0 atom stereocenters. The maximum absolute atomic E-state index is 13.5. The van der Waals surface area contributed by atoms with E-state index in [0.29, 0.717) is 6.54 Å². The predicted molar refractivity (Wildman–Crippen MR) is 116 cm³/mol. The van der Waals surface area contributed by atoms with E-state index in [1.165, 1.54) is 6.07 Å². The van der Waals surface area contributed by atoms with Gasteiger partial charge < -0.3 is 10.6 Å². The van der Waals surface area contributed by atoms with Crippen LogP contribution in [0, 0.1) is 12.7 Å². The molecule has 0 fully saturated rings. The molecule has 0 bridgehead atoms. The van der Waals surface area contributed by atoms with Crippen molar-refractivity contribution in [1.29, 1.82) is 0 Å². The quantitative estimate of drug-likeness (QED) is 0.368. The van der Waals surface area contributed by atoms with Gasteiger partial charge in [-0.1, -0.05) is 26.0 Å². The molecule has 0 aliphatic rings. The molecular formula is C19H29FIN5. The molecule has 1 heterocycles. The first kappa shape index (κ1) is 22.4. The van der Waals surface area contributed by atoms with E-state index in [9.17, 15) is 4.39 Å². The Morgan fingerprint density at radius 3 is 2.69 bits per heavy atom. The van der Waals surface area contributed by atoms with Crippen molar-refractivity contribution in [3.8, 4) is 0 Å². The zero-order valence-electron chi connectivity index (χ0n) is 15.9. The number of hydrogen-bond donors (Lipinski definition) is 2. The smallest absolute Gasteiger partial charge is 0.191 e. The second kappa shape index (κ2) is 10.5. The normalized spacial score (nSPS) is 11.8. The highest BCUT2D eigenvalue weighted by molar-refractivity contribution is 14.0. The van der Waals surface area contributed by atoms with E-state index in [4.69, 9.17) is 0 Å². The van der Waals surface area contributed by atoms with Gasteiger partial charge in [-0.25, -0.2) is 4.39 Å². The number of halogens is 2. The van der Waals surface area contributed by atoms with Crippen LogP contribution in [0.4, 0.5) is 4.39 Å². The van der Waals surface area contributed by atoms with E-state index >= 15 is 0 Å². The number of hydrogen-bond acceptors (Lipinski definition) is 2. The van der Waals surface area contributed by atoms with Crippen LogP contribution in [0.3, 0.4) is 0 Å². The molecule has 144 valence electrons. The van der Waals surface area contributed by atoms with E-state index in [2.05, 4.69) is 34.6 Å². The number of nitrogens with one attached hydrogen (secondary N) is 2. The summed E-state index contributed by atoms with van der Waals surface area (Å²) >= 11 is 0. The van der Waals surface area contributed by atoms with Crippen molar-refractivity contribution >= 4 is 29.9 Å². The van der Waals surface area contributed by atoms with Crippen LogP contribution in [0.25, 0.3) is 0 Å². The highest BCUT2D eigenvalue weighted by Gasteiger charge is 2.21. The zero-order valence-corrected chi connectivity index (χ0v) is 18.3. The van der Waals surface area contributed by atoms with Crippen LogP contribution in [-0.2, 0) is 12.0 Å². The minimum atomic E-state index is -0.246. The second-order valence-corrected chi connectivity index (χ2v) is 6.80. The first-order chi connectivity index (χ1) is 11.9. The van der Waals surface area contributed by atoms with Gasteiger partial charge in [0.2, 0.25) is 0 Å². The van der Waals surface area contributed by atoms with Crippen molar-refractivity contribution in [2.75, 3.05) is 19.6 Å². The molecule has 1 aromatic carbocycles. The Morgan fingerprint density at radius 1 is 1.31 bits per heavy atom. The molecule has 0 spiro atoms. The molecule has 2 aromatic rings. The van der Waals surface area contributed by atoms with Crippen molar-refractivity contribution in [3.05, 3.63) is 53.6 Å². The fourth-order valence-corrected chi connectivity index (χ4v) is 2.50. The maximum atomic E-state index is 13.5. The van der Waals surface area contributed by atoms with Crippen LogP contribution in [0.5, 0.6) is 0 Å². The largest absolute Gasteiger partial charge is 0.357 e. The van der Waals surface area contributed by atoms with Crippen LogP contribution in [0.2, 0.25) is 0 Å². The topological polar surface area (TPSA) is 54.2 Å². The number of benzene rings is 1. The molecule has 2 rings (SSSR count). The Hall–Kier alpha value is -1.64. The molecule has 0 radical (unpaired) electrons. The SMILES string of the molecule is CCNC(=NCC(C)(C)c1cccc(F)c1)NCCn1cc(C)cn1.I. The number of aromatic nitrogens is 2. The van der Waals surface area contributed by atoms with Gasteiger partial charge in [-0.05, 0) is 37.1 Å². The van der Waals surface area contributed by atoms with Crippen LogP contribution < -0.4 is 10.6 Å². The first-order valence-electron chi connectivity index (χ1n) is 8.68. The fraction of sp³-hybridized carbons (Fsp3) is 0.474. The number of aryl methyl sites for hydroxylation is 1. The highest BCUT2D eigenvalue weighted by atomic mass is 127. The Morgan fingerprint density at radius 2 is 2.08 bits per heavy atom. The zero-order chi connectivity index (χ0) is 18.3. The Kier molecular flexibility index (Phi) is 9.04. The average Bonchev–Trinajstić information content (AvgIpc) is 2.98. The van der Waals surface area contributed by atoms with E-state index < -0.39 is 0 Å². The predicted octanol–water partition coefficient (Wildman–Crippen LogP) is 3.48. The van der Waals surface area contributed by atoms with Gasteiger partial charge in [0.25, 0.3) is 0 Å². The van der Waals surface area contributed by atoms with Gasteiger partial charge in [0.15, 0.2) is 5.96 Å². The molecule has 0 amide bonds. The molecule has 5 nitrogen and oxygen atoms in total. The van der Waals surface area contributed by atoms with Crippen molar-refractivity contribution < 1.29 is 4.39 Å². The van der Waals surface area contributed by atoms with E-state index in [-0.39, 0.29) is 35.2 Å². The van der Waals surface area contributed by atoms with E-state index in [1.807, 2.05) is 37.0 Å². The maximum Gasteiger partial charge on any atom is 0.191 e. The molecular weight excluding hydrogens is 444 g/mol. The number of nitrogens with zero attached hydrogens (tertiary/aromatic N) is 3. The van der Waals surface area contributed by atoms with Crippen LogP contribution in [0.1, 0.15) is 31.9 Å². The monoisotopic (exact) mass is 473 g/mol. The summed E-state index contributed by atoms with van der Waals surface area (Å²) in [6.45, 7) is 11.0. The summed E-state index contributed by atoms with van der Waals surface area (Å²) in [4.78, 5) is 4.67. The van der Waals surface area contributed by atoms with Crippen LogP contribution in [-0.4, -0.2) is 35.4 Å². The Bertz CT molecular complexity index is 711. The van der Waals surface area contributed by atoms with Gasteiger partial charge in [-0.15, -0.1) is 24.0 Å². The lowest BCUT2D eigenvalue weighted by atomic mass is 9.85. The third-order valence-electron chi connectivity index (χ3n) is 3.98. The minimum Gasteiger partial charge on any atom is -0.357 e. The summed E-state index contributed by atoms with van der Waals surface area (Å²) in [5, 5.41) is 10.8.